The molecule has 0 unspecified atom stereocenters. The Morgan fingerprint density at radius 3 is 1.58 bits per heavy atom. The van der Waals surface area contributed by atoms with E-state index in [1.54, 1.807) is 0 Å². The number of hydrogen-bond acceptors (Lipinski definition) is 2. The first-order valence-corrected chi connectivity index (χ1v) is 4.38. The van der Waals surface area contributed by atoms with Crippen LogP contribution in [0.2, 0.25) is 0 Å². The molecule has 0 aliphatic carbocycles. The fraction of sp³-hybridized carbons (Fsp3) is 0.900. The third-order valence-corrected chi connectivity index (χ3v) is 1.68. The molecule has 0 rings (SSSR count). The van der Waals surface area contributed by atoms with Gasteiger partial charge in [-0.3, -0.25) is 0 Å². The van der Waals surface area contributed by atoms with Gasteiger partial charge in [-0.2, -0.15) is 0 Å². The number of oxime groups is 1. The van der Waals surface area contributed by atoms with Gasteiger partial charge in [0, 0.05) is 5.41 Å². The predicted molar refractivity (Wildman–Crippen MR) is 52.7 cm³/mol. The normalized spacial score (nSPS) is 15.0. The molecule has 2 nitrogen and oxygen atoms in total. The molecule has 0 aromatic rings. The molecular weight excluding hydrogens is 150 g/mol. The summed E-state index contributed by atoms with van der Waals surface area (Å²) in [5, 5.41) is 12.2. The van der Waals surface area contributed by atoms with E-state index in [0.717, 1.165) is 12.1 Å². The van der Waals surface area contributed by atoms with Crippen molar-refractivity contribution in [2.24, 2.45) is 16.0 Å². The first-order chi connectivity index (χ1) is 5.17. The van der Waals surface area contributed by atoms with Crippen molar-refractivity contribution in [2.75, 3.05) is 0 Å². The van der Waals surface area contributed by atoms with Crippen LogP contribution < -0.4 is 0 Å². The molecular formula is C10H21NO. The van der Waals surface area contributed by atoms with Crippen molar-refractivity contribution < 1.29 is 5.21 Å². The third kappa shape index (κ3) is 4.37. The lowest BCUT2D eigenvalue weighted by Crippen LogP contribution is -2.25. The largest absolute Gasteiger partial charge is 0.411 e. The maximum atomic E-state index is 8.81. The minimum absolute atomic E-state index is 0.0258. The molecule has 0 bridgehead atoms. The van der Waals surface area contributed by atoms with Crippen molar-refractivity contribution >= 4 is 5.71 Å². The Labute approximate surface area is 75.7 Å². The van der Waals surface area contributed by atoms with Gasteiger partial charge < -0.3 is 5.21 Å². The van der Waals surface area contributed by atoms with Gasteiger partial charge in [0.25, 0.3) is 0 Å². The Hall–Kier alpha value is -0.530. The van der Waals surface area contributed by atoms with Crippen molar-refractivity contribution in [3.63, 3.8) is 0 Å². The van der Waals surface area contributed by atoms with E-state index >= 15 is 0 Å². The molecule has 0 radical (unpaired) electrons. The van der Waals surface area contributed by atoms with E-state index in [1.165, 1.54) is 0 Å². The average molecular weight is 171 g/mol. The van der Waals surface area contributed by atoms with Crippen molar-refractivity contribution in [3.8, 4) is 0 Å². The third-order valence-electron chi connectivity index (χ3n) is 1.68. The first kappa shape index (κ1) is 11.5. The molecule has 1 N–H and O–H groups in total. The van der Waals surface area contributed by atoms with Crippen LogP contribution in [0.1, 0.15) is 48.0 Å². The molecule has 0 saturated heterocycles. The van der Waals surface area contributed by atoms with Gasteiger partial charge in [-0.05, 0) is 11.8 Å². The van der Waals surface area contributed by atoms with Gasteiger partial charge in [0.05, 0.1) is 5.71 Å². The second-order valence-corrected chi connectivity index (χ2v) is 5.53. The van der Waals surface area contributed by atoms with Crippen LogP contribution in [0.15, 0.2) is 5.16 Å². The molecule has 0 aromatic heterocycles. The monoisotopic (exact) mass is 171 g/mol. The summed E-state index contributed by atoms with van der Waals surface area (Å²) in [7, 11) is 0. The van der Waals surface area contributed by atoms with Crippen LogP contribution in [-0.2, 0) is 0 Å². The number of rotatable bonds is 1. The standard InChI is InChI=1S/C10H21NO/c1-9(2,3)7-8(11-12)10(4,5)6/h12H,7H2,1-6H3/b11-8-. The molecule has 0 aliphatic rings. The number of nitrogens with zero attached hydrogens (tertiary/aromatic N) is 1. The minimum atomic E-state index is -0.0258. The summed E-state index contributed by atoms with van der Waals surface area (Å²) in [5.41, 5.74) is 1.03. The molecule has 72 valence electrons. The SMILES string of the molecule is CC(C)(C)C/C(=N/O)C(C)(C)C. The van der Waals surface area contributed by atoms with Crippen LogP contribution in [0.5, 0.6) is 0 Å². The van der Waals surface area contributed by atoms with E-state index in [-0.39, 0.29) is 10.8 Å². The zero-order chi connectivity index (χ0) is 9.99. The number of hydrogen-bond donors (Lipinski definition) is 1. The molecule has 0 aliphatic heterocycles. The van der Waals surface area contributed by atoms with Crippen molar-refractivity contribution in [1.29, 1.82) is 0 Å². The van der Waals surface area contributed by atoms with Crippen LogP contribution in [0.25, 0.3) is 0 Å². The van der Waals surface area contributed by atoms with Crippen LogP contribution in [0, 0.1) is 10.8 Å². The molecule has 0 heterocycles. The van der Waals surface area contributed by atoms with E-state index in [2.05, 4.69) is 46.7 Å². The Morgan fingerprint density at radius 1 is 1.08 bits per heavy atom. The van der Waals surface area contributed by atoms with Gasteiger partial charge in [-0.15, -0.1) is 0 Å². The highest BCUT2D eigenvalue weighted by Gasteiger charge is 2.24. The van der Waals surface area contributed by atoms with Gasteiger partial charge in [0.15, 0.2) is 0 Å². The second-order valence-electron chi connectivity index (χ2n) is 5.53. The highest BCUT2D eigenvalue weighted by Crippen LogP contribution is 2.27. The summed E-state index contributed by atoms with van der Waals surface area (Å²) in [5.74, 6) is 0. The second kappa shape index (κ2) is 3.46. The Balaban J connectivity index is 4.43. The zero-order valence-electron chi connectivity index (χ0n) is 9.10. The molecule has 12 heavy (non-hydrogen) atoms. The Kier molecular flexibility index (Phi) is 3.31. The van der Waals surface area contributed by atoms with Gasteiger partial charge in [0.2, 0.25) is 0 Å². The smallest absolute Gasteiger partial charge is 0.0629 e. The summed E-state index contributed by atoms with van der Waals surface area (Å²) < 4.78 is 0. The summed E-state index contributed by atoms with van der Waals surface area (Å²) in [6.45, 7) is 12.6. The molecule has 0 fully saturated rings. The summed E-state index contributed by atoms with van der Waals surface area (Å²) in [4.78, 5) is 0. The molecule has 0 amide bonds. The Bertz CT molecular complexity index is 169. The summed E-state index contributed by atoms with van der Waals surface area (Å²) in [6, 6.07) is 0. The maximum Gasteiger partial charge on any atom is 0.0629 e. The Morgan fingerprint density at radius 2 is 1.50 bits per heavy atom. The molecule has 0 saturated carbocycles. The van der Waals surface area contributed by atoms with Crippen LogP contribution in [0.4, 0.5) is 0 Å². The zero-order valence-corrected chi connectivity index (χ0v) is 9.10. The van der Waals surface area contributed by atoms with Gasteiger partial charge >= 0.3 is 0 Å². The van der Waals surface area contributed by atoms with Gasteiger partial charge in [-0.1, -0.05) is 46.7 Å². The fourth-order valence-corrected chi connectivity index (χ4v) is 0.953. The quantitative estimate of drug-likeness (QED) is 0.366. The summed E-state index contributed by atoms with van der Waals surface area (Å²) >= 11 is 0. The van der Waals surface area contributed by atoms with E-state index in [9.17, 15) is 0 Å². The fourth-order valence-electron chi connectivity index (χ4n) is 0.953. The lowest BCUT2D eigenvalue weighted by Gasteiger charge is -2.26. The van der Waals surface area contributed by atoms with Crippen LogP contribution >= 0.6 is 0 Å². The summed E-state index contributed by atoms with van der Waals surface area (Å²) in [6.07, 6.45) is 0.840. The van der Waals surface area contributed by atoms with Gasteiger partial charge in [0.1, 0.15) is 0 Å². The lowest BCUT2D eigenvalue weighted by molar-refractivity contribution is 0.301. The van der Waals surface area contributed by atoms with Crippen LogP contribution in [-0.4, -0.2) is 10.9 Å². The molecule has 0 aromatic carbocycles. The highest BCUT2D eigenvalue weighted by atomic mass is 16.4. The maximum absolute atomic E-state index is 8.81. The van der Waals surface area contributed by atoms with Crippen molar-refractivity contribution in [3.05, 3.63) is 0 Å². The van der Waals surface area contributed by atoms with Gasteiger partial charge in [-0.25, -0.2) is 0 Å². The molecule has 0 spiro atoms. The lowest BCUT2D eigenvalue weighted by atomic mass is 9.79. The average Bonchev–Trinajstić information content (AvgIpc) is 1.78. The van der Waals surface area contributed by atoms with Crippen molar-refractivity contribution in [1.82, 2.24) is 0 Å². The van der Waals surface area contributed by atoms with E-state index in [4.69, 9.17) is 5.21 Å². The molecule has 2 heteroatoms. The van der Waals surface area contributed by atoms with E-state index < -0.39 is 0 Å². The van der Waals surface area contributed by atoms with Crippen LogP contribution in [0.3, 0.4) is 0 Å². The highest BCUT2D eigenvalue weighted by molar-refractivity contribution is 5.89. The minimum Gasteiger partial charge on any atom is -0.411 e. The first-order valence-electron chi connectivity index (χ1n) is 4.38. The van der Waals surface area contributed by atoms with E-state index in [1.807, 2.05) is 0 Å². The molecule has 0 atom stereocenters. The van der Waals surface area contributed by atoms with Crippen molar-refractivity contribution in [2.45, 2.75) is 48.0 Å². The van der Waals surface area contributed by atoms with E-state index in [0.29, 0.717) is 0 Å². The predicted octanol–water partition coefficient (Wildman–Crippen LogP) is 3.30. The topological polar surface area (TPSA) is 32.6 Å².